The first kappa shape index (κ1) is 12.3. The summed E-state index contributed by atoms with van der Waals surface area (Å²) in [5.41, 5.74) is 0. The standard InChI is InChI=1S/C8H13BrF3NO/c1-6-4-13(2-3-14-6)5-7(9)8(10,11)12/h6-7H,2-5H2,1H3. The summed E-state index contributed by atoms with van der Waals surface area (Å²) < 4.78 is 41.8. The maximum absolute atomic E-state index is 12.2. The first-order valence-electron chi connectivity index (χ1n) is 4.44. The number of alkyl halides is 4. The molecule has 1 aliphatic heterocycles. The Hall–Kier alpha value is 0.190. The molecular formula is C8H13BrF3NO. The van der Waals surface area contributed by atoms with Crippen molar-refractivity contribution in [3.05, 3.63) is 0 Å². The summed E-state index contributed by atoms with van der Waals surface area (Å²) in [6.45, 7) is 3.51. The van der Waals surface area contributed by atoms with E-state index in [1.807, 2.05) is 6.92 Å². The van der Waals surface area contributed by atoms with Crippen molar-refractivity contribution in [2.24, 2.45) is 0 Å². The first-order valence-corrected chi connectivity index (χ1v) is 5.36. The Morgan fingerprint density at radius 3 is 2.71 bits per heavy atom. The van der Waals surface area contributed by atoms with Gasteiger partial charge in [0.25, 0.3) is 0 Å². The Morgan fingerprint density at radius 2 is 2.21 bits per heavy atom. The Balaban J connectivity index is 2.36. The molecule has 1 aliphatic rings. The molecule has 0 N–H and O–H groups in total. The van der Waals surface area contributed by atoms with Crippen LogP contribution in [0.15, 0.2) is 0 Å². The number of nitrogens with zero attached hydrogens (tertiary/aromatic N) is 1. The summed E-state index contributed by atoms with van der Waals surface area (Å²) in [5.74, 6) is 0. The quantitative estimate of drug-likeness (QED) is 0.716. The van der Waals surface area contributed by atoms with Gasteiger partial charge in [-0.1, -0.05) is 15.9 Å². The summed E-state index contributed by atoms with van der Waals surface area (Å²) in [4.78, 5) is 0.321. The van der Waals surface area contributed by atoms with Crippen LogP contribution >= 0.6 is 15.9 Å². The SMILES string of the molecule is CC1CN(CC(Br)C(F)(F)F)CCO1. The first-order chi connectivity index (χ1) is 6.39. The van der Waals surface area contributed by atoms with Crippen molar-refractivity contribution in [2.75, 3.05) is 26.2 Å². The molecule has 1 fully saturated rings. The third-order valence-corrected chi connectivity index (χ3v) is 2.91. The highest BCUT2D eigenvalue weighted by Crippen LogP contribution is 2.27. The van der Waals surface area contributed by atoms with Crippen molar-refractivity contribution >= 4 is 15.9 Å². The average Bonchev–Trinajstić information content (AvgIpc) is 2.02. The largest absolute Gasteiger partial charge is 0.402 e. The number of rotatable bonds is 2. The molecule has 14 heavy (non-hydrogen) atoms. The molecule has 0 aromatic rings. The molecule has 0 aromatic carbocycles. The molecule has 1 saturated heterocycles. The number of morpholine rings is 1. The Kier molecular flexibility index (Phi) is 4.21. The molecule has 0 aromatic heterocycles. The number of halogens is 4. The number of hydrogen-bond donors (Lipinski definition) is 0. The van der Waals surface area contributed by atoms with Crippen LogP contribution < -0.4 is 0 Å². The van der Waals surface area contributed by atoms with Crippen molar-refractivity contribution in [2.45, 2.75) is 24.0 Å². The lowest BCUT2D eigenvalue weighted by molar-refractivity contribution is -0.134. The predicted octanol–water partition coefficient (Wildman–Crippen LogP) is 2.03. The molecule has 1 rings (SSSR count). The van der Waals surface area contributed by atoms with Crippen LogP contribution in [0.25, 0.3) is 0 Å². The molecule has 0 amide bonds. The summed E-state index contributed by atoms with van der Waals surface area (Å²) in [5, 5.41) is 0. The van der Waals surface area contributed by atoms with E-state index in [0.717, 1.165) is 0 Å². The van der Waals surface area contributed by atoms with Crippen LogP contribution in [0, 0.1) is 0 Å². The fraction of sp³-hybridized carbons (Fsp3) is 1.00. The van der Waals surface area contributed by atoms with Gasteiger partial charge in [-0.3, -0.25) is 4.90 Å². The van der Waals surface area contributed by atoms with Gasteiger partial charge >= 0.3 is 6.18 Å². The lowest BCUT2D eigenvalue weighted by Gasteiger charge is -2.32. The van der Waals surface area contributed by atoms with Gasteiger partial charge in [-0.05, 0) is 6.92 Å². The Morgan fingerprint density at radius 1 is 1.57 bits per heavy atom. The van der Waals surface area contributed by atoms with E-state index in [2.05, 4.69) is 15.9 Å². The number of hydrogen-bond acceptors (Lipinski definition) is 2. The molecule has 2 nitrogen and oxygen atoms in total. The highest BCUT2D eigenvalue weighted by atomic mass is 79.9. The number of ether oxygens (including phenoxy) is 1. The molecule has 2 atom stereocenters. The highest BCUT2D eigenvalue weighted by molar-refractivity contribution is 9.09. The highest BCUT2D eigenvalue weighted by Gasteiger charge is 2.39. The summed E-state index contributed by atoms with van der Waals surface area (Å²) in [7, 11) is 0. The van der Waals surface area contributed by atoms with Gasteiger partial charge < -0.3 is 4.74 Å². The molecule has 0 saturated carbocycles. The van der Waals surface area contributed by atoms with E-state index in [1.54, 1.807) is 4.90 Å². The van der Waals surface area contributed by atoms with E-state index in [9.17, 15) is 13.2 Å². The van der Waals surface area contributed by atoms with E-state index in [1.165, 1.54) is 0 Å². The van der Waals surface area contributed by atoms with Gasteiger partial charge in [-0.2, -0.15) is 13.2 Å². The zero-order valence-electron chi connectivity index (χ0n) is 7.85. The second-order valence-electron chi connectivity index (χ2n) is 3.45. The minimum absolute atomic E-state index is 0.00278. The maximum atomic E-state index is 12.2. The molecule has 84 valence electrons. The van der Waals surface area contributed by atoms with Crippen molar-refractivity contribution in [1.29, 1.82) is 0 Å². The second-order valence-corrected chi connectivity index (χ2v) is 4.56. The van der Waals surface area contributed by atoms with E-state index >= 15 is 0 Å². The van der Waals surface area contributed by atoms with Gasteiger partial charge in [-0.25, -0.2) is 0 Å². The monoisotopic (exact) mass is 275 g/mol. The molecule has 0 radical (unpaired) electrons. The van der Waals surface area contributed by atoms with Crippen molar-refractivity contribution in [3.63, 3.8) is 0 Å². The van der Waals surface area contributed by atoms with E-state index in [-0.39, 0.29) is 12.6 Å². The van der Waals surface area contributed by atoms with Crippen LogP contribution in [0.3, 0.4) is 0 Å². The van der Waals surface area contributed by atoms with E-state index in [0.29, 0.717) is 19.7 Å². The zero-order chi connectivity index (χ0) is 10.8. The lowest BCUT2D eigenvalue weighted by atomic mass is 10.3. The minimum atomic E-state index is -4.17. The van der Waals surface area contributed by atoms with Crippen molar-refractivity contribution in [3.8, 4) is 0 Å². The summed E-state index contributed by atoms with van der Waals surface area (Å²) >= 11 is 2.65. The van der Waals surface area contributed by atoms with Gasteiger partial charge in [-0.15, -0.1) is 0 Å². The Labute approximate surface area is 89.5 Å². The van der Waals surface area contributed by atoms with Crippen LogP contribution in [-0.4, -0.2) is 48.2 Å². The van der Waals surface area contributed by atoms with Gasteiger partial charge in [0.1, 0.15) is 4.83 Å². The summed E-state index contributed by atoms with van der Waals surface area (Å²) in [6.07, 6.45) is -4.14. The van der Waals surface area contributed by atoms with Crippen LogP contribution in [0.2, 0.25) is 0 Å². The van der Waals surface area contributed by atoms with Gasteiger partial charge in [0.2, 0.25) is 0 Å². The topological polar surface area (TPSA) is 12.5 Å². The smallest absolute Gasteiger partial charge is 0.376 e. The van der Waals surface area contributed by atoms with Crippen LogP contribution in [0.4, 0.5) is 13.2 Å². The lowest BCUT2D eigenvalue weighted by Crippen LogP contribution is -2.46. The minimum Gasteiger partial charge on any atom is -0.376 e. The van der Waals surface area contributed by atoms with Crippen LogP contribution in [-0.2, 0) is 4.74 Å². The zero-order valence-corrected chi connectivity index (χ0v) is 9.44. The van der Waals surface area contributed by atoms with Crippen LogP contribution in [0.1, 0.15) is 6.92 Å². The predicted molar refractivity (Wildman–Crippen MR) is 50.6 cm³/mol. The Bertz CT molecular complexity index is 188. The maximum Gasteiger partial charge on any atom is 0.402 e. The third kappa shape index (κ3) is 3.74. The third-order valence-electron chi connectivity index (χ3n) is 2.10. The van der Waals surface area contributed by atoms with Crippen molar-refractivity contribution in [1.82, 2.24) is 4.90 Å². The normalized spacial score (nSPS) is 27.6. The molecular weight excluding hydrogens is 263 g/mol. The van der Waals surface area contributed by atoms with Gasteiger partial charge in [0.05, 0.1) is 12.7 Å². The second kappa shape index (κ2) is 4.81. The van der Waals surface area contributed by atoms with Gasteiger partial charge in [0.15, 0.2) is 0 Å². The summed E-state index contributed by atoms with van der Waals surface area (Å²) in [6, 6.07) is 0. The fourth-order valence-electron chi connectivity index (χ4n) is 1.39. The molecule has 1 heterocycles. The van der Waals surface area contributed by atoms with E-state index in [4.69, 9.17) is 4.74 Å². The van der Waals surface area contributed by atoms with Crippen molar-refractivity contribution < 1.29 is 17.9 Å². The van der Waals surface area contributed by atoms with Gasteiger partial charge in [0, 0.05) is 19.6 Å². The molecule has 0 spiro atoms. The van der Waals surface area contributed by atoms with E-state index < -0.39 is 11.0 Å². The fourth-order valence-corrected chi connectivity index (χ4v) is 1.80. The molecule has 6 heteroatoms. The molecule has 2 unspecified atom stereocenters. The average molecular weight is 276 g/mol. The van der Waals surface area contributed by atoms with Crippen LogP contribution in [0.5, 0.6) is 0 Å². The molecule has 0 aliphatic carbocycles. The molecule has 0 bridgehead atoms.